The predicted octanol–water partition coefficient (Wildman–Crippen LogP) is 1.89. The molecule has 0 radical (unpaired) electrons. The minimum Gasteiger partial charge on any atom is -0.468 e. The van der Waals surface area contributed by atoms with Crippen molar-refractivity contribution in [1.82, 2.24) is 14.7 Å². The summed E-state index contributed by atoms with van der Waals surface area (Å²) in [4.78, 5) is 30.1. The number of hydrogen-bond donors (Lipinski definition) is 0. The van der Waals surface area contributed by atoms with E-state index in [9.17, 15) is 9.59 Å². The molecule has 0 bridgehead atoms. The normalized spacial score (nSPS) is 23.1. The molecule has 2 amide bonds. The number of rotatable bonds is 3. The molecule has 1 aromatic heterocycles. The van der Waals surface area contributed by atoms with Gasteiger partial charge in [-0.25, -0.2) is 0 Å². The molecule has 2 saturated heterocycles. The second-order valence-corrected chi connectivity index (χ2v) is 6.74. The number of carbonyl (C=O) groups excluding carboxylic acids is 2. The summed E-state index contributed by atoms with van der Waals surface area (Å²) < 4.78 is 5.62. The highest BCUT2D eigenvalue weighted by atomic mass is 16.3. The largest absolute Gasteiger partial charge is 0.468 e. The third kappa shape index (κ3) is 3.98. The molecule has 3 heterocycles. The van der Waals surface area contributed by atoms with Crippen molar-refractivity contribution < 1.29 is 14.0 Å². The zero-order chi connectivity index (χ0) is 16.9. The fraction of sp³-hybridized carbons (Fsp3) is 0.667. The Balaban J connectivity index is 1.60. The summed E-state index contributed by atoms with van der Waals surface area (Å²) >= 11 is 0. The van der Waals surface area contributed by atoms with E-state index in [1.807, 2.05) is 17.0 Å². The first kappa shape index (κ1) is 17.0. The third-order valence-corrected chi connectivity index (χ3v) is 5.15. The van der Waals surface area contributed by atoms with Crippen LogP contribution < -0.4 is 0 Å². The molecule has 2 fully saturated rings. The van der Waals surface area contributed by atoms with Gasteiger partial charge in [-0.05, 0) is 31.5 Å². The Morgan fingerprint density at radius 3 is 2.50 bits per heavy atom. The number of hydrogen-bond acceptors (Lipinski definition) is 4. The van der Waals surface area contributed by atoms with Gasteiger partial charge in [0.25, 0.3) is 0 Å². The maximum Gasteiger partial charge on any atom is 0.236 e. The molecular formula is C18H27N3O3. The molecule has 0 saturated carbocycles. The van der Waals surface area contributed by atoms with Crippen LogP contribution in [0.25, 0.3) is 0 Å². The standard InChI is InChI=1S/C18H27N3O3/c1-15(22)19-9-11-20(12-10-19)18(23)14-21-8-4-2-3-6-16(21)17-7-5-13-24-17/h5,7,13,16H,2-4,6,8-12,14H2,1H3/t16-/m0/s1. The van der Waals surface area contributed by atoms with Gasteiger partial charge in [0, 0.05) is 33.1 Å². The number of likely N-dealkylation sites (tertiary alicyclic amines) is 1. The lowest BCUT2D eigenvalue weighted by molar-refractivity contribution is -0.139. The van der Waals surface area contributed by atoms with E-state index in [1.54, 1.807) is 18.1 Å². The molecule has 1 atom stereocenters. The summed E-state index contributed by atoms with van der Waals surface area (Å²) in [5.74, 6) is 1.22. The maximum atomic E-state index is 12.7. The molecule has 6 heteroatoms. The van der Waals surface area contributed by atoms with Crippen molar-refractivity contribution in [2.45, 2.75) is 38.6 Å². The van der Waals surface area contributed by atoms with Crippen LogP contribution in [0.3, 0.4) is 0 Å². The zero-order valence-corrected chi connectivity index (χ0v) is 14.4. The topological polar surface area (TPSA) is 57.0 Å². The molecule has 2 aliphatic rings. The third-order valence-electron chi connectivity index (χ3n) is 5.15. The Kier molecular flexibility index (Phi) is 5.56. The summed E-state index contributed by atoms with van der Waals surface area (Å²) in [6, 6.07) is 4.13. The van der Waals surface area contributed by atoms with Gasteiger partial charge in [-0.2, -0.15) is 0 Å². The number of furan rings is 1. The molecule has 0 aliphatic carbocycles. The second kappa shape index (κ2) is 7.83. The SMILES string of the molecule is CC(=O)N1CCN(C(=O)CN2CCCCC[C@H]2c2ccco2)CC1. The summed E-state index contributed by atoms with van der Waals surface area (Å²) in [7, 11) is 0. The van der Waals surface area contributed by atoms with Crippen molar-refractivity contribution >= 4 is 11.8 Å². The molecule has 132 valence electrons. The first-order valence-corrected chi connectivity index (χ1v) is 8.96. The van der Waals surface area contributed by atoms with Crippen LogP contribution in [0, 0.1) is 0 Å². The summed E-state index contributed by atoms with van der Waals surface area (Å²) in [5, 5.41) is 0. The van der Waals surface area contributed by atoms with Gasteiger partial charge in [0.1, 0.15) is 5.76 Å². The minimum absolute atomic E-state index is 0.0903. The predicted molar refractivity (Wildman–Crippen MR) is 90.3 cm³/mol. The van der Waals surface area contributed by atoms with E-state index in [1.165, 1.54) is 12.8 Å². The molecule has 0 spiro atoms. The van der Waals surface area contributed by atoms with Gasteiger partial charge < -0.3 is 14.2 Å². The Morgan fingerprint density at radius 1 is 1.08 bits per heavy atom. The van der Waals surface area contributed by atoms with Crippen LogP contribution >= 0.6 is 0 Å². The Labute approximate surface area is 143 Å². The van der Waals surface area contributed by atoms with Gasteiger partial charge in [-0.1, -0.05) is 12.8 Å². The smallest absolute Gasteiger partial charge is 0.236 e. The number of amides is 2. The molecular weight excluding hydrogens is 306 g/mol. The van der Waals surface area contributed by atoms with Gasteiger partial charge in [-0.15, -0.1) is 0 Å². The highest BCUT2D eigenvalue weighted by Gasteiger charge is 2.29. The van der Waals surface area contributed by atoms with Crippen LogP contribution in [-0.2, 0) is 9.59 Å². The Hall–Kier alpha value is -1.82. The first-order valence-electron chi connectivity index (χ1n) is 8.96. The summed E-state index contributed by atoms with van der Waals surface area (Å²) in [5.41, 5.74) is 0. The van der Waals surface area contributed by atoms with Crippen molar-refractivity contribution in [2.24, 2.45) is 0 Å². The van der Waals surface area contributed by atoms with Gasteiger partial charge >= 0.3 is 0 Å². The summed E-state index contributed by atoms with van der Waals surface area (Å²) in [6.45, 7) is 5.51. The van der Waals surface area contributed by atoms with Crippen molar-refractivity contribution in [3.05, 3.63) is 24.2 Å². The highest BCUT2D eigenvalue weighted by molar-refractivity contribution is 5.79. The van der Waals surface area contributed by atoms with E-state index in [0.717, 1.165) is 25.1 Å². The van der Waals surface area contributed by atoms with E-state index in [2.05, 4.69) is 4.90 Å². The molecule has 1 aromatic rings. The van der Waals surface area contributed by atoms with Gasteiger partial charge in [-0.3, -0.25) is 14.5 Å². The Morgan fingerprint density at radius 2 is 1.83 bits per heavy atom. The Bertz CT molecular complexity index is 550. The lowest BCUT2D eigenvalue weighted by Crippen LogP contribution is -2.52. The number of carbonyl (C=O) groups is 2. The van der Waals surface area contributed by atoms with Crippen molar-refractivity contribution in [3.8, 4) is 0 Å². The fourth-order valence-corrected chi connectivity index (χ4v) is 3.70. The fourth-order valence-electron chi connectivity index (χ4n) is 3.70. The van der Waals surface area contributed by atoms with Crippen LogP contribution in [0.5, 0.6) is 0 Å². The average Bonchev–Trinajstić information content (AvgIpc) is 3.02. The maximum absolute atomic E-state index is 12.7. The van der Waals surface area contributed by atoms with E-state index >= 15 is 0 Å². The lowest BCUT2D eigenvalue weighted by Gasteiger charge is -2.36. The average molecular weight is 333 g/mol. The number of piperazine rings is 1. The van der Waals surface area contributed by atoms with Gasteiger partial charge in [0.05, 0.1) is 18.8 Å². The van der Waals surface area contributed by atoms with E-state index in [4.69, 9.17) is 4.42 Å². The van der Waals surface area contributed by atoms with Crippen LogP contribution in [0.1, 0.15) is 44.4 Å². The van der Waals surface area contributed by atoms with Crippen molar-refractivity contribution in [2.75, 3.05) is 39.3 Å². The van der Waals surface area contributed by atoms with Crippen molar-refractivity contribution in [1.29, 1.82) is 0 Å². The molecule has 0 N–H and O–H groups in total. The first-order chi connectivity index (χ1) is 11.6. The molecule has 3 rings (SSSR count). The van der Waals surface area contributed by atoms with E-state index in [0.29, 0.717) is 32.7 Å². The molecule has 0 aromatic carbocycles. The summed E-state index contributed by atoms with van der Waals surface area (Å²) in [6.07, 6.45) is 6.26. The molecule has 2 aliphatic heterocycles. The quantitative estimate of drug-likeness (QED) is 0.847. The molecule has 6 nitrogen and oxygen atoms in total. The lowest BCUT2D eigenvalue weighted by atomic mass is 10.1. The molecule has 24 heavy (non-hydrogen) atoms. The van der Waals surface area contributed by atoms with E-state index < -0.39 is 0 Å². The van der Waals surface area contributed by atoms with Crippen LogP contribution in [0.2, 0.25) is 0 Å². The number of nitrogens with zero attached hydrogens (tertiary/aromatic N) is 3. The van der Waals surface area contributed by atoms with Crippen LogP contribution in [0.15, 0.2) is 22.8 Å². The zero-order valence-electron chi connectivity index (χ0n) is 14.4. The van der Waals surface area contributed by atoms with E-state index in [-0.39, 0.29) is 17.9 Å². The van der Waals surface area contributed by atoms with Crippen LogP contribution in [-0.4, -0.2) is 65.8 Å². The molecule has 0 unspecified atom stereocenters. The highest BCUT2D eigenvalue weighted by Crippen LogP contribution is 2.30. The van der Waals surface area contributed by atoms with Gasteiger partial charge in [0.2, 0.25) is 11.8 Å². The second-order valence-electron chi connectivity index (χ2n) is 6.74. The monoisotopic (exact) mass is 333 g/mol. The van der Waals surface area contributed by atoms with Crippen molar-refractivity contribution in [3.63, 3.8) is 0 Å². The minimum atomic E-state index is 0.0903. The van der Waals surface area contributed by atoms with Gasteiger partial charge in [0.15, 0.2) is 0 Å². The van der Waals surface area contributed by atoms with Crippen LogP contribution in [0.4, 0.5) is 0 Å².